The van der Waals surface area contributed by atoms with E-state index in [0.29, 0.717) is 17.0 Å². The van der Waals surface area contributed by atoms with Crippen LogP contribution in [0.25, 0.3) is 0 Å². The topological polar surface area (TPSA) is 91.4 Å². The van der Waals surface area contributed by atoms with Crippen molar-refractivity contribution in [3.63, 3.8) is 0 Å². The predicted molar refractivity (Wildman–Crippen MR) is 78.2 cm³/mol. The molecule has 0 aliphatic rings. The Balaban J connectivity index is 2.28. The second-order valence-electron chi connectivity index (χ2n) is 4.65. The normalized spacial score (nSPS) is 10.2. The third kappa shape index (κ3) is 2.89. The first-order valence-electron chi connectivity index (χ1n) is 6.31. The van der Waals surface area contributed by atoms with Crippen LogP contribution in [0.1, 0.15) is 32.0 Å². The van der Waals surface area contributed by atoms with Crippen molar-refractivity contribution in [1.29, 1.82) is 0 Å². The van der Waals surface area contributed by atoms with Gasteiger partial charge in [0.15, 0.2) is 0 Å². The van der Waals surface area contributed by atoms with Crippen LogP contribution in [0.2, 0.25) is 0 Å². The number of carbonyl (C=O) groups excluding carboxylic acids is 1. The Morgan fingerprint density at radius 3 is 2.62 bits per heavy atom. The van der Waals surface area contributed by atoms with E-state index >= 15 is 0 Å². The summed E-state index contributed by atoms with van der Waals surface area (Å²) in [5, 5.41) is 11.7. The van der Waals surface area contributed by atoms with Gasteiger partial charge in [0.25, 0.3) is 5.91 Å². The highest BCUT2D eigenvalue weighted by Gasteiger charge is 2.18. The van der Waals surface area contributed by atoms with Crippen molar-refractivity contribution in [1.82, 2.24) is 4.98 Å². The zero-order chi connectivity index (χ0) is 15.6. The van der Waals surface area contributed by atoms with Crippen LogP contribution in [0.15, 0.2) is 24.4 Å². The number of aromatic nitrogens is 1. The van der Waals surface area contributed by atoms with Crippen LogP contribution in [0.5, 0.6) is 5.75 Å². The highest BCUT2D eigenvalue weighted by atomic mass is 16.5. The van der Waals surface area contributed by atoms with E-state index in [-0.39, 0.29) is 11.3 Å². The third-order valence-electron chi connectivity index (χ3n) is 3.21. The molecule has 0 spiro atoms. The summed E-state index contributed by atoms with van der Waals surface area (Å²) in [5.74, 6) is -0.883. The molecule has 110 valence electrons. The number of hydrogen-bond donors (Lipinski definition) is 3. The van der Waals surface area contributed by atoms with Crippen LogP contribution in [-0.4, -0.2) is 29.1 Å². The van der Waals surface area contributed by atoms with E-state index in [0.717, 1.165) is 5.56 Å². The second-order valence-corrected chi connectivity index (χ2v) is 4.65. The lowest BCUT2D eigenvalue weighted by molar-refractivity contribution is 0.0697. The first-order valence-corrected chi connectivity index (χ1v) is 6.31. The fourth-order valence-electron chi connectivity index (χ4n) is 2.06. The number of carbonyl (C=O) groups is 2. The largest absolute Gasteiger partial charge is 0.496 e. The number of ether oxygens (including phenoxy) is 1. The first-order chi connectivity index (χ1) is 9.93. The molecule has 1 aromatic carbocycles. The number of carboxylic acids is 1. The molecule has 0 unspecified atom stereocenters. The molecule has 1 amide bonds. The number of benzene rings is 1. The second kappa shape index (κ2) is 5.70. The van der Waals surface area contributed by atoms with E-state index in [9.17, 15) is 9.59 Å². The summed E-state index contributed by atoms with van der Waals surface area (Å²) in [6, 6.07) is 5.05. The van der Waals surface area contributed by atoms with E-state index in [2.05, 4.69) is 10.3 Å². The molecule has 0 bridgehead atoms. The molecule has 1 aromatic heterocycles. The van der Waals surface area contributed by atoms with Crippen molar-refractivity contribution in [2.45, 2.75) is 13.8 Å². The molecule has 0 saturated heterocycles. The number of methoxy groups -OCH3 is 1. The SMILES string of the molecule is COc1cc(C(=O)Nc2c[nH]c(C)c2C(=O)O)ccc1C. The van der Waals surface area contributed by atoms with Gasteiger partial charge in [-0.2, -0.15) is 0 Å². The fourth-order valence-corrected chi connectivity index (χ4v) is 2.06. The summed E-state index contributed by atoms with van der Waals surface area (Å²) in [5.41, 5.74) is 2.09. The Kier molecular flexibility index (Phi) is 3.98. The van der Waals surface area contributed by atoms with Crippen molar-refractivity contribution in [2.75, 3.05) is 12.4 Å². The fraction of sp³-hybridized carbons (Fsp3) is 0.200. The molecule has 6 heteroatoms. The lowest BCUT2D eigenvalue weighted by Gasteiger charge is -2.08. The molecule has 0 atom stereocenters. The van der Waals surface area contributed by atoms with E-state index in [1.54, 1.807) is 25.1 Å². The van der Waals surface area contributed by atoms with Crippen molar-refractivity contribution in [2.24, 2.45) is 0 Å². The van der Waals surface area contributed by atoms with E-state index in [1.807, 2.05) is 6.92 Å². The van der Waals surface area contributed by atoms with E-state index < -0.39 is 11.9 Å². The molecule has 3 N–H and O–H groups in total. The van der Waals surface area contributed by atoms with Gasteiger partial charge in [0.2, 0.25) is 0 Å². The van der Waals surface area contributed by atoms with Crippen molar-refractivity contribution in [3.05, 3.63) is 46.8 Å². The summed E-state index contributed by atoms with van der Waals surface area (Å²) in [7, 11) is 1.53. The molecule has 0 aliphatic heterocycles. The zero-order valence-electron chi connectivity index (χ0n) is 12.0. The summed E-state index contributed by atoms with van der Waals surface area (Å²) in [6.07, 6.45) is 1.46. The minimum absolute atomic E-state index is 0.0578. The quantitative estimate of drug-likeness (QED) is 0.806. The number of amides is 1. The Labute approximate surface area is 121 Å². The molecule has 6 nitrogen and oxygen atoms in total. The summed E-state index contributed by atoms with van der Waals surface area (Å²) < 4.78 is 5.17. The van der Waals surface area contributed by atoms with Gasteiger partial charge in [0.1, 0.15) is 11.3 Å². The van der Waals surface area contributed by atoms with E-state index in [4.69, 9.17) is 9.84 Å². The van der Waals surface area contributed by atoms with Crippen LogP contribution < -0.4 is 10.1 Å². The highest BCUT2D eigenvalue weighted by Crippen LogP contribution is 2.22. The zero-order valence-corrected chi connectivity index (χ0v) is 12.0. The standard InChI is InChI=1S/C15H16N2O4/c1-8-4-5-10(6-12(8)21-3)14(18)17-11-7-16-9(2)13(11)15(19)20/h4-7,16H,1-3H3,(H,17,18)(H,19,20). The van der Waals surface area contributed by atoms with Gasteiger partial charge in [-0.1, -0.05) is 6.07 Å². The number of aromatic carboxylic acids is 1. The maximum absolute atomic E-state index is 12.2. The molecule has 21 heavy (non-hydrogen) atoms. The van der Waals surface area contributed by atoms with Crippen molar-refractivity contribution < 1.29 is 19.4 Å². The maximum atomic E-state index is 12.2. The molecule has 2 aromatic rings. The molecule has 1 heterocycles. The molecule has 0 radical (unpaired) electrons. The molecule has 2 rings (SSSR count). The van der Waals surface area contributed by atoms with Gasteiger partial charge in [-0.3, -0.25) is 4.79 Å². The Hall–Kier alpha value is -2.76. The van der Waals surface area contributed by atoms with Crippen molar-refractivity contribution in [3.8, 4) is 5.75 Å². The molecule has 0 fully saturated rings. The highest BCUT2D eigenvalue weighted by molar-refractivity contribution is 6.08. The van der Waals surface area contributed by atoms with Gasteiger partial charge in [0, 0.05) is 17.5 Å². The lowest BCUT2D eigenvalue weighted by Crippen LogP contribution is -2.14. The van der Waals surface area contributed by atoms with Gasteiger partial charge in [-0.15, -0.1) is 0 Å². The molecular weight excluding hydrogens is 272 g/mol. The third-order valence-corrected chi connectivity index (χ3v) is 3.21. The smallest absolute Gasteiger partial charge is 0.339 e. The number of aromatic amines is 1. The Bertz CT molecular complexity index is 704. The average molecular weight is 288 g/mol. The number of carboxylic acid groups (broad SMARTS) is 1. The first kappa shape index (κ1) is 14.6. The number of hydrogen-bond acceptors (Lipinski definition) is 3. The van der Waals surface area contributed by atoms with E-state index in [1.165, 1.54) is 13.3 Å². The van der Waals surface area contributed by atoms with Crippen LogP contribution in [-0.2, 0) is 0 Å². The molecular formula is C15H16N2O4. The van der Waals surface area contributed by atoms with Crippen LogP contribution >= 0.6 is 0 Å². The van der Waals surface area contributed by atoms with Crippen LogP contribution in [0, 0.1) is 13.8 Å². The number of rotatable bonds is 4. The predicted octanol–water partition coefficient (Wildman–Crippen LogP) is 2.59. The van der Waals surface area contributed by atoms with Crippen LogP contribution in [0.3, 0.4) is 0 Å². The molecule has 0 aliphatic carbocycles. The molecule has 0 saturated carbocycles. The van der Waals surface area contributed by atoms with Gasteiger partial charge in [-0.25, -0.2) is 4.79 Å². The lowest BCUT2D eigenvalue weighted by atomic mass is 10.1. The summed E-state index contributed by atoms with van der Waals surface area (Å²) >= 11 is 0. The maximum Gasteiger partial charge on any atom is 0.339 e. The Morgan fingerprint density at radius 1 is 1.29 bits per heavy atom. The monoisotopic (exact) mass is 288 g/mol. The summed E-state index contributed by atoms with van der Waals surface area (Å²) in [6.45, 7) is 3.51. The average Bonchev–Trinajstić information content (AvgIpc) is 2.80. The number of aryl methyl sites for hydroxylation is 2. The minimum atomic E-state index is -1.09. The van der Waals surface area contributed by atoms with Gasteiger partial charge in [0.05, 0.1) is 12.8 Å². The van der Waals surface area contributed by atoms with Gasteiger partial charge < -0.3 is 20.1 Å². The van der Waals surface area contributed by atoms with Gasteiger partial charge >= 0.3 is 5.97 Å². The number of anilines is 1. The summed E-state index contributed by atoms with van der Waals surface area (Å²) in [4.78, 5) is 26.2. The van der Waals surface area contributed by atoms with Crippen molar-refractivity contribution >= 4 is 17.6 Å². The number of H-pyrrole nitrogens is 1. The van der Waals surface area contributed by atoms with Crippen LogP contribution in [0.4, 0.5) is 5.69 Å². The minimum Gasteiger partial charge on any atom is -0.496 e. The van der Waals surface area contributed by atoms with Gasteiger partial charge in [-0.05, 0) is 31.5 Å². The number of nitrogens with one attached hydrogen (secondary N) is 2. The Morgan fingerprint density at radius 2 is 2.00 bits per heavy atom.